The Labute approximate surface area is 81.2 Å². The Bertz CT molecular complexity index is 198. The van der Waals surface area contributed by atoms with Crippen LogP contribution >= 0.6 is 0 Å². The van der Waals surface area contributed by atoms with Crippen LogP contribution in [-0.2, 0) is 14.4 Å². The van der Waals surface area contributed by atoms with Crippen LogP contribution in [0.25, 0.3) is 0 Å². The summed E-state index contributed by atoms with van der Waals surface area (Å²) in [6.45, 7) is 3.56. The molecular formula is C8H14O6. The summed E-state index contributed by atoms with van der Waals surface area (Å²) in [5, 5.41) is 23.6. The van der Waals surface area contributed by atoms with E-state index in [1.807, 2.05) is 6.92 Å². The standard InChI is InChI=1S/C5H10O2.C3H4O4/c1-3-4(2)5(6)7;4-2(5)1-3(6)7/h4H,3H2,1-2H3,(H,6,7);1H2,(H,4,5)(H,6,7). The fraction of sp³-hybridized carbons (Fsp3) is 0.625. The molecule has 0 amide bonds. The quantitative estimate of drug-likeness (QED) is 0.582. The zero-order valence-corrected chi connectivity index (χ0v) is 8.06. The fourth-order valence-corrected chi connectivity index (χ4v) is 0.304. The van der Waals surface area contributed by atoms with E-state index in [4.69, 9.17) is 15.3 Å². The molecule has 0 rings (SSSR count). The summed E-state index contributed by atoms with van der Waals surface area (Å²) in [6, 6.07) is 0. The Morgan fingerprint density at radius 2 is 1.43 bits per heavy atom. The lowest BCUT2D eigenvalue weighted by molar-refractivity contribution is -0.147. The SMILES string of the molecule is CCC(C)C(=O)O.O=C(O)CC(=O)O. The van der Waals surface area contributed by atoms with Gasteiger partial charge in [0.15, 0.2) is 0 Å². The van der Waals surface area contributed by atoms with Gasteiger partial charge >= 0.3 is 17.9 Å². The smallest absolute Gasteiger partial charge is 0.314 e. The molecule has 1 atom stereocenters. The number of aliphatic carboxylic acids is 3. The Kier molecular flexibility index (Phi) is 8.55. The monoisotopic (exact) mass is 206 g/mol. The number of rotatable bonds is 4. The van der Waals surface area contributed by atoms with E-state index in [9.17, 15) is 14.4 Å². The zero-order chi connectivity index (χ0) is 11.7. The van der Waals surface area contributed by atoms with Gasteiger partial charge in [0, 0.05) is 0 Å². The second-order valence-corrected chi connectivity index (χ2v) is 2.61. The van der Waals surface area contributed by atoms with E-state index in [-0.39, 0.29) is 5.92 Å². The molecule has 6 nitrogen and oxygen atoms in total. The van der Waals surface area contributed by atoms with Crippen LogP contribution in [0.5, 0.6) is 0 Å². The number of carbonyl (C=O) groups is 3. The van der Waals surface area contributed by atoms with Crippen molar-refractivity contribution in [1.29, 1.82) is 0 Å². The minimum atomic E-state index is -1.31. The summed E-state index contributed by atoms with van der Waals surface area (Å²) >= 11 is 0. The summed E-state index contributed by atoms with van der Waals surface area (Å²) in [6.07, 6.45) is -0.0880. The molecule has 82 valence electrons. The number of hydrogen-bond donors (Lipinski definition) is 3. The Balaban J connectivity index is 0. The van der Waals surface area contributed by atoms with Crippen LogP contribution in [0.4, 0.5) is 0 Å². The topological polar surface area (TPSA) is 112 Å². The second-order valence-electron chi connectivity index (χ2n) is 2.61. The Morgan fingerprint density at radius 1 is 1.07 bits per heavy atom. The van der Waals surface area contributed by atoms with Crippen molar-refractivity contribution in [3.05, 3.63) is 0 Å². The molecule has 3 N–H and O–H groups in total. The second kappa shape index (κ2) is 8.03. The lowest BCUT2D eigenvalue weighted by atomic mass is 10.1. The lowest BCUT2D eigenvalue weighted by Crippen LogP contribution is -2.06. The number of carboxylic acids is 3. The summed E-state index contributed by atoms with van der Waals surface area (Å²) in [5.74, 6) is -3.51. The minimum Gasteiger partial charge on any atom is -0.481 e. The van der Waals surface area contributed by atoms with Crippen LogP contribution in [0, 0.1) is 5.92 Å². The minimum absolute atomic E-state index is 0.181. The molecule has 0 aliphatic rings. The highest BCUT2D eigenvalue weighted by molar-refractivity contribution is 5.88. The normalized spacial score (nSPS) is 10.7. The molecule has 0 saturated carbocycles. The van der Waals surface area contributed by atoms with Gasteiger partial charge in [0.1, 0.15) is 6.42 Å². The molecule has 0 aromatic rings. The molecule has 0 radical (unpaired) electrons. The summed E-state index contributed by atoms with van der Waals surface area (Å²) in [4.78, 5) is 28.8. The van der Waals surface area contributed by atoms with E-state index < -0.39 is 24.3 Å². The largest absolute Gasteiger partial charge is 0.481 e. The van der Waals surface area contributed by atoms with Crippen LogP contribution in [0.3, 0.4) is 0 Å². The first-order valence-electron chi connectivity index (χ1n) is 3.97. The van der Waals surface area contributed by atoms with Gasteiger partial charge in [-0.25, -0.2) is 0 Å². The van der Waals surface area contributed by atoms with Crippen molar-refractivity contribution < 1.29 is 29.7 Å². The predicted octanol–water partition coefficient (Wildman–Crippen LogP) is 0.663. The molecule has 6 heteroatoms. The van der Waals surface area contributed by atoms with E-state index in [2.05, 4.69) is 0 Å². The van der Waals surface area contributed by atoms with Crippen molar-refractivity contribution in [3.8, 4) is 0 Å². The highest BCUT2D eigenvalue weighted by Gasteiger charge is 2.05. The lowest BCUT2D eigenvalue weighted by Gasteiger charge is -1.96. The molecule has 0 aromatic carbocycles. The molecule has 0 fully saturated rings. The first-order chi connectivity index (χ1) is 6.31. The average molecular weight is 206 g/mol. The van der Waals surface area contributed by atoms with Gasteiger partial charge in [0.25, 0.3) is 0 Å². The molecule has 0 spiro atoms. The molecule has 14 heavy (non-hydrogen) atoms. The maximum atomic E-state index is 9.93. The molecule has 0 bridgehead atoms. The Morgan fingerprint density at radius 3 is 1.43 bits per heavy atom. The molecule has 0 aromatic heterocycles. The van der Waals surface area contributed by atoms with Crippen LogP contribution in [0.2, 0.25) is 0 Å². The zero-order valence-electron chi connectivity index (χ0n) is 8.06. The highest BCUT2D eigenvalue weighted by Crippen LogP contribution is 1.97. The maximum absolute atomic E-state index is 9.93. The molecule has 0 aliphatic heterocycles. The fourth-order valence-electron chi connectivity index (χ4n) is 0.304. The number of carboxylic acid groups (broad SMARTS) is 3. The average Bonchev–Trinajstić information content (AvgIpc) is 2.01. The third-order valence-electron chi connectivity index (χ3n) is 1.34. The molecule has 0 heterocycles. The van der Waals surface area contributed by atoms with E-state index >= 15 is 0 Å². The number of hydrogen-bond acceptors (Lipinski definition) is 3. The van der Waals surface area contributed by atoms with Crippen molar-refractivity contribution in [1.82, 2.24) is 0 Å². The molecule has 1 unspecified atom stereocenters. The van der Waals surface area contributed by atoms with Crippen molar-refractivity contribution in [2.75, 3.05) is 0 Å². The van der Waals surface area contributed by atoms with Crippen molar-refractivity contribution in [2.45, 2.75) is 26.7 Å². The van der Waals surface area contributed by atoms with E-state index in [0.717, 1.165) is 6.42 Å². The van der Waals surface area contributed by atoms with Crippen molar-refractivity contribution in [3.63, 3.8) is 0 Å². The first-order valence-corrected chi connectivity index (χ1v) is 3.97. The third kappa shape index (κ3) is 13.0. The third-order valence-corrected chi connectivity index (χ3v) is 1.34. The Hall–Kier alpha value is -1.59. The summed E-state index contributed by atoms with van der Waals surface area (Å²) in [5.41, 5.74) is 0. The summed E-state index contributed by atoms with van der Waals surface area (Å²) in [7, 11) is 0. The van der Waals surface area contributed by atoms with Gasteiger partial charge in [-0.3, -0.25) is 14.4 Å². The highest BCUT2D eigenvalue weighted by atomic mass is 16.4. The van der Waals surface area contributed by atoms with Crippen LogP contribution in [-0.4, -0.2) is 33.2 Å². The molecular weight excluding hydrogens is 192 g/mol. The van der Waals surface area contributed by atoms with Crippen LogP contribution < -0.4 is 0 Å². The van der Waals surface area contributed by atoms with Crippen molar-refractivity contribution in [2.24, 2.45) is 5.92 Å². The molecule has 0 aliphatic carbocycles. The van der Waals surface area contributed by atoms with E-state index in [1.165, 1.54) is 0 Å². The van der Waals surface area contributed by atoms with E-state index in [0.29, 0.717) is 0 Å². The van der Waals surface area contributed by atoms with Crippen LogP contribution in [0.1, 0.15) is 26.7 Å². The van der Waals surface area contributed by atoms with Gasteiger partial charge < -0.3 is 15.3 Å². The van der Waals surface area contributed by atoms with E-state index in [1.54, 1.807) is 6.92 Å². The summed E-state index contributed by atoms with van der Waals surface area (Å²) < 4.78 is 0. The van der Waals surface area contributed by atoms with Gasteiger partial charge in [-0.2, -0.15) is 0 Å². The molecule has 0 saturated heterocycles. The van der Waals surface area contributed by atoms with Gasteiger partial charge in [-0.1, -0.05) is 13.8 Å². The van der Waals surface area contributed by atoms with Crippen molar-refractivity contribution >= 4 is 17.9 Å². The predicted molar refractivity (Wildman–Crippen MR) is 47.0 cm³/mol. The van der Waals surface area contributed by atoms with Gasteiger partial charge in [-0.05, 0) is 6.42 Å². The van der Waals surface area contributed by atoms with Gasteiger partial charge in [0.05, 0.1) is 5.92 Å². The first kappa shape index (κ1) is 14.9. The maximum Gasteiger partial charge on any atom is 0.314 e. The van der Waals surface area contributed by atoms with Gasteiger partial charge in [-0.15, -0.1) is 0 Å². The van der Waals surface area contributed by atoms with Crippen LogP contribution in [0.15, 0.2) is 0 Å². The van der Waals surface area contributed by atoms with Gasteiger partial charge in [0.2, 0.25) is 0 Å².